The van der Waals surface area contributed by atoms with Crippen molar-refractivity contribution in [1.82, 2.24) is 20.0 Å². The zero-order chi connectivity index (χ0) is 22.7. The maximum absolute atomic E-state index is 13.3. The molecule has 1 aromatic heterocycles. The van der Waals surface area contributed by atoms with Crippen LogP contribution in [0.5, 0.6) is 0 Å². The minimum absolute atomic E-state index is 0.123. The van der Waals surface area contributed by atoms with E-state index in [1.54, 1.807) is 16.7 Å². The van der Waals surface area contributed by atoms with E-state index in [-0.39, 0.29) is 11.9 Å². The second-order valence-corrected chi connectivity index (χ2v) is 8.44. The fourth-order valence-corrected chi connectivity index (χ4v) is 4.36. The molecule has 2 N–H and O–H groups in total. The first-order valence-electron chi connectivity index (χ1n) is 10.8. The second-order valence-electron chi connectivity index (χ2n) is 8.44. The molecule has 8 nitrogen and oxygen atoms in total. The molecule has 1 saturated heterocycles. The summed E-state index contributed by atoms with van der Waals surface area (Å²) in [7, 11) is 3.47. The van der Waals surface area contributed by atoms with Crippen LogP contribution in [-0.4, -0.2) is 59.0 Å². The molecule has 1 aliphatic rings. The first kappa shape index (κ1) is 21.8. The van der Waals surface area contributed by atoms with Gasteiger partial charge in [-0.3, -0.25) is 9.48 Å². The molecule has 1 fully saturated rings. The molecule has 3 amide bonds. The molecule has 2 heterocycles. The van der Waals surface area contributed by atoms with Crippen molar-refractivity contribution in [1.29, 1.82) is 0 Å². The smallest absolute Gasteiger partial charge is 0.319 e. The van der Waals surface area contributed by atoms with Crippen molar-refractivity contribution in [3.63, 3.8) is 0 Å². The first-order chi connectivity index (χ1) is 15.4. The number of ether oxygens (including phenoxy) is 1. The number of benzene rings is 2. The zero-order valence-electron chi connectivity index (χ0n) is 18.7. The van der Waals surface area contributed by atoms with E-state index >= 15 is 0 Å². The largest absolute Gasteiger partial charge is 0.385 e. The van der Waals surface area contributed by atoms with Crippen LogP contribution >= 0.6 is 0 Å². The third-order valence-corrected chi connectivity index (χ3v) is 6.04. The molecule has 0 spiro atoms. The number of aryl methyl sites for hydroxylation is 2. The Kier molecular flexibility index (Phi) is 6.14. The molecule has 32 heavy (non-hydrogen) atoms. The standard InChI is InChI=1S/C24H29N5O3/c1-17-7-6-8-18(15-17)25-23(31)26-24(12-14-32-3)11-13-29(16-24)22(30)21-19-9-4-5-10-20(19)28(2)27-21/h4-10,15H,11-14,16H2,1-3H3,(H2,25,26,31). The highest BCUT2D eigenvalue weighted by molar-refractivity contribution is 6.05. The van der Waals surface area contributed by atoms with Gasteiger partial charge in [0.25, 0.3) is 5.91 Å². The number of nitrogens with one attached hydrogen (secondary N) is 2. The number of rotatable bonds is 6. The Bertz CT molecular complexity index is 1140. The number of aromatic nitrogens is 2. The number of nitrogens with zero attached hydrogens (tertiary/aromatic N) is 3. The Morgan fingerprint density at radius 2 is 2.00 bits per heavy atom. The highest BCUT2D eigenvalue weighted by Crippen LogP contribution is 2.28. The van der Waals surface area contributed by atoms with Crippen LogP contribution in [0.1, 0.15) is 28.9 Å². The van der Waals surface area contributed by atoms with Gasteiger partial charge in [0.05, 0.1) is 11.1 Å². The van der Waals surface area contributed by atoms with Crippen molar-refractivity contribution < 1.29 is 14.3 Å². The lowest BCUT2D eigenvalue weighted by Crippen LogP contribution is -2.53. The lowest BCUT2D eigenvalue weighted by Gasteiger charge is -2.30. The number of carbonyl (C=O) groups excluding carboxylic acids is 2. The van der Waals surface area contributed by atoms with Crippen molar-refractivity contribution in [3.8, 4) is 0 Å². The van der Waals surface area contributed by atoms with Crippen LogP contribution in [0.25, 0.3) is 10.9 Å². The van der Waals surface area contributed by atoms with Gasteiger partial charge in [-0.25, -0.2) is 4.79 Å². The number of fused-ring (bicyclic) bond motifs is 1. The van der Waals surface area contributed by atoms with Crippen molar-refractivity contribution in [2.45, 2.75) is 25.3 Å². The van der Waals surface area contributed by atoms with Crippen molar-refractivity contribution >= 4 is 28.5 Å². The summed E-state index contributed by atoms with van der Waals surface area (Å²) in [5, 5.41) is 11.3. The molecular weight excluding hydrogens is 406 g/mol. The van der Waals surface area contributed by atoms with E-state index in [4.69, 9.17) is 4.74 Å². The number of hydrogen-bond acceptors (Lipinski definition) is 4. The van der Waals surface area contributed by atoms with Crippen LogP contribution < -0.4 is 10.6 Å². The van der Waals surface area contributed by atoms with E-state index in [9.17, 15) is 9.59 Å². The number of hydrogen-bond donors (Lipinski definition) is 2. The van der Waals surface area contributed by atoms with Crippen LogP contribution in [0.4, 0.5) is 10.5 Å². The molecular formula is C24H29N5O3. The molecule has 4 rings (SSSR count). The molecule has 0 saturated carbocycles. The highest BCUT2D eigenvalue weighted by atomic mass is 16.5. The van der Waals surface area contributed by atoms with Gasteiger partial charge >= 0.3 is 6.03 Å². The SMILES string of the molecule is COCCC1(NC(=O)Nc2cccc(C)c2)CCN(C(=O)c2nn(C)c3ccccc23)C1. The number of likely N-dealkylation sites (tertiary alicyclic amines) is 1. The lowest BCUT2D eigenvalue weighted by atomic mass is 9.94. The summed E-state index contributed by atoms with van der Waals surface area (Å²) < 4.78 is 7.02. The van der Waals surface area contributed by atoms with Gasteiger partial charge in [-0.1, -0.05) is 30.3 Å². The normalized spacial score (nSPS) is 18.2. The summed E-state index contributed by atoms with van der Waals surface area (Å²) in [6, 6.07) is 15.1. The van der Waals surface area contributed by atoms with Crippen LogP contribution in [0, 0.1) is 6.92 Å². The minimum Gasteiger partial charge on any atom is -0.385 e. The summed E-state index contributed by atoms with van der Waals surface area (Å²) in [5.41, 5.74) is 2.59. The number of methoxy groups -OCH3 is 1. The van der Waals surface area contributed by atoms with Crippen LogP contribution in [0.3, 0.4) is 0 Å². The van der Waals surface area contributed by atoms with Gasteiger partial charge in [0.2, 0.25) is 0 Å². The molecule has 168 valence electrons. The Morgan fingerprint density at radius 3 is 2.78 bits per heavy atom. The monoisotopic (exact) mass is 435 g/mol. The van der Waals surface area contributed by atoms with Gasteiger partial charge in [0, 0.05) is 44.9 Å². The second kappa shape index (κ2) is 9.00. The lowest BCUT2D eigenvalue weighted by molar-refractivity contribution is 0.0768. The van der Waals surface area contributed by atoms with E-state index in [1.165, 1.54) is 0 Å². The zero-order valence-corrected chi connectivity index (χ0v) is 18.7. The van der Waals surface area contributed by atoms with Gasteiger partial charge in [0.15, 0.2) is 5.69 Å². The average Bonchev–Trinajstić information content (AvgIpc) is 3.34. The average molecular weight is 436 g/mol. The van der Waals surface area contributed by atoms with Crippen LogP contribution in [0.15, 0.2) is 48.5 Å². The molecule has 1 aliphatic heterocycles. The van der Waals surface area contributed by atoms with E-state index in [0.717, 1.165) is 22.2 Å². The number of para-hydroxylation sites is 1. The van der Waals surface area contributed by atoms with Crippen LogP contribution in [0.2, 0.25) is 0 Å². The molecule has 2 aromatic carbocycles. The van der Waals surface area contributed by atoms with E-state index < -0.39 is 5.54 Å². The summed E-state index contributed by atoms with van der Waals surface area (Å²) in [6.45, 7) is 3.41. The summed E-state index contributed by atoms with van der Waals surface area (Å²) in [6.07, 6.45) is 1.26. The topological polar surface area (TPSA) is 88.5 Å². The summed E-state index contributed by atoms with van der Waals surface area (Å²) in [5.74, 6) is -0.123. The van der Waals surface area contributed by atoms with E-state index in [0.29, 0.717) is 38.2 Å². The fraction of sp³-hybridized carbons (Fsp3) is 0.375. The molecule has 0 bridgehead atoms. The highest BCUT2D eigenvalue weighted by Gasteiger charge is 2.42. The molecule has 3 aromatic rings. The van der Waals surface area contributed by atoms with Gasteiger partial charge in [-0.2, -0.15) is 5.10 Å². The number of urea groups is 1. The Balaban J connectivity index is 1.51. The van der Waals surface area contributed by atoms with Gasteiger partial charge in [0.1, 0.15) is 0 Å². The fourth-order valence-electron chi connectivity index (χ4n) is 4.36. The number of amides is 3. The molecule has 1 unspecified atom stereocenters. The predicted molar refractivity (Wildman–Crippen MR) is 124 cm³/mol. The number of anilines is 1. The van der Waals surface area contributed by atoms with Crippen molar-refractivity contribution in [2.75, 3.05) is 32.1 Å². The molecule has 0 aliphatic carbocycles. The Morgan fingerprint density at radius 1 is 1.19 bits per heavy atom. The third kappa shape index (κ3) is 4.45. The van der Waals surface area contributed by atoms with Gasteiger partial charge in [-0.05, 0) is 43.5 Å². The summed E-state index contributed by atoms with van der Waals surface area (Å²) >= 11 is 0. The van der Waals surface area contributed by atoms with Gasteiger partial charge in [-0.15, -0.1) is 0 Å². The van der Waals surface area contributed by atoms with E-state index in [2.05, 4.69) is 15.7 Å². The maximum Gasteiger partial charge on any atom is 0.319 e. The quantitative estimate of drug-likeness (QED) is 0.622. The number of carbonyl (C=O) groups is 2. The Labute approximate surface area is 187 Å². The summed E-state index contributed by atoms with van der Waals surface area (Å²) in [4.78, 5) is 27.9. The molecule has 0 radical (unpaired) electrons. The van der Waals surface area contributed by atoms with E-state index in [1.807, 2.05) is 62.5 Å². The first-order valence-corrected chi connectivity index (χ1v) is 10.8. The maximum atomic E-state index is 13.3. The minimum atomic E-state index is -0.565. The third-order valence-electron chi connectivity index (χ3n) is 6.04. The van der Waals surface area contributed by atoms with Crippen LogP contribution in [-0.2, 0) is 11.8 Å². The van der Waals surface area contributed by atoms with Crippen molar-refractivity contribution in [3.05, 3.63) is 59.8 Å². The molecule has 8 heteroatoms. The molecule has 1 atom stereocenters. The predicted octanol–water partition coefficient (Wildman–Crippen LogP) is 3.32. The Hall–Kier alpha value is -3.39. The van der Waals surface area contributed by atoms with Crippen molar-refractivity contribution in [2.24, 2.45) is 7.05 Å². The van der Waals surface area contributed by atoms with Gasteiger partial charge < -0.3 is 20.3 Å².